The molecule has 2 aromatic carbocycles. The smallest absolute Gasteiger partial charge is 0.243 e. The molecule has 2 heterocycles. The highest BCUT2D eigenvalue weighted by Gasteiger charge is 2.29. The third kappa shape index (κ3) is 5.42. The summed E-state index contributed by atoms with van der Waals surface area (Å²) < 4.78 is 40.1. The van der Waals surface area contributed by atoms with Crippen LogP contribution in [0.15, 0.2) is 58.8 Å². The Kier molecular flexibility index (Phi) is 7.10. The van der Waals surface area contributed by atoms with Crippen LogP contribution in [0.2, 0.25) is 5.02 Å². The lowest BCUT2D eigenvalue weighted by molar-refractivity contribution is -0.115. The molecule has 0 atom stereocenters. The Morgan fingerprint density at radius 3 is 2.48 bits per heavy atom. The number of carbonyl (C=O) groups is 1. The average Bonchev–Trinajstić information content (AvgIpc) is 3.22. The molecule has 11 heteroatoms. The summed E-state index contributed by atoms with van der Waals surface area (Å²) in [6.07, 6.45) is 0. The fraction of sp³-hybridized carbons (Fsp3) is 0.273. The van der Waals surface area contributed by atoms with Gasteiger partial charge in [0.25, 0.3) is 0 Å². The van der Waals surface area contributed by atoms with Crippen molar-refractivity contribution >= 4 is 49.7 Å². The lowest BCUT2D eigenvalue weighted by atomic mass is 10.3. The molecule has 3 aromatic rings. The number of aromatic nitrogens is 1. The first-order valence-corrected chi connectivity index (χ1v) is 12.9. The molecule has 1 fully saturated rings. The van der Waals surface area contributed by atoms with Gasteiger partial charge in [0.1, 0.15) is 5.82 Å². The lowest BCUT2D eigenvalue weighted by Gasteiger charge is -2.33. The fourth-order valence-electron chi connectivity index (χ4n) is 3.63. The summed E-state index contributed by atoms with van der Waals surface area (Å²) >= 11 is 7.45. The number of carbonyl (C=O) groups excluding carboxylic acids is 1. The van der Waals surface area contributed by atoms with Crippen LogP contribution in [0.5, 0.6) is 0 Å². The van der Waals surface area contributed by atoms with E-state index in [1.165, 1.54) is 39.6 Å². The van der Waals surface area contributed by atoms with Gasteiger partial charge in [-0.15, -0.1) is 11.3 Å². The van der Waals surface area contributed by atoms with Gasteiger partial charge >= 0.3 is 0 Å². The number of rotatable bonds is 6. The molecule has 1 aliphatic heterocycles. The number of hydrogen-bond acceptors (Lipinski definition) is 6. The van der Waals surface area contributed by atoms with E-state index in [2.05, 4.69) is 9.88 Å². The number of benzene rings is 2. The standard InChI is InChI=1S/C22H22ClFN4O3S2/c1-16(29)28(20-4-2-3-17(23)13-20)22-25-19(15-32-22)14-26-9-11-27(12-10-26)33(30,31)21-7-5-18(24)6-8-21/h2-8,13,15H,9-12,14H2,1H3. The molecule has 0 aliphatic carbocycles. The molecule has 0 unspecified atom stereocenters. The first-order chi connectivity index (χ1) is 15.7. The summed E-state index contributed by atoms with van der Waals surface area (Å²) in [7, 11) is -3.65. The monoisotopic (exact) mass is 508 g/mol. The van der Waals surface area contributed by atoms with Crippen molar-refractivity contribution in [3.8, 4) is 0 Å². The van der Waals surface area contributed by atoms with Gasteiger partial charge in [0, 0.05) is 50.1 Å². The molecule has 7 nitrogen and oxygen atoms in total. The van der Waals surface area contributed by atoms with E-state index in [0.29, 0.717) is 48.6 Å². The molecule has 1 amide bonds. The van der Waals surface area contributed by atoms with Crippen LogP contribution >= 0.6 is 22.9 Å². The fourth-order valence-corrected chi connectivity index (χ4v) is 6.11. The summed E-state index contributed by atoms with van der Waals surface area (Å²) in [5.41, 5.74) is 1.45. The van der Waals surface area contributed by atoms with Gasteiger partial charge in [0.05, 0.1) is 16.3 Å². The Bertz CT molecular complexity index is 1240. The van der Waals surface area contributed by atoms with E-state index in [4.69, 9.17) is 11.6 Å². The summed E-state index contributed by atoms with van der Waals surface area (Å²) in [6.45, 7) is 3.76. The van der Waals surface area contributed by atoms with Gasteiger partial charge in [-0.25, -0.2) is 17.8 Å². The second kappa shape index (κ2) is 9.86. The summed E-state index contributed by atoms with van der Waals surface area (Å²) in [6, 6.07) is 11.9. The normalized spacial score (nSPS) is 15.5. The quantitative estimate of drug-likeness (QED) is 0.500. The molecule has 0 bridgehead atoms. The van der Waals surface area contributed by atoms with Crippen molar-refractivity contribution in [1.29, 1.82) is 0 Å². The van der Waals surface area contributed by atoms with E-state index in [-0.39, 0.29) is 10.8 Å². The van der Waals surface area contributed by atoms with Crippen molar-refractivity contribution in [2.75, 3.05) is 31.1 Å². The first kappa shape index (κ1) is 23.8. The van der Waals surface area contributed by atoms with E-state index >= 15 is 0 Å². The van der Waals surface area contributed by atoms with Crippen LogP contribution in [0.25, 0.3) is 0 Å². The molecular formula is C22H22ClFN4O3S2. The summed E-state index contributed by atoms with van der Waals surface area (Å²) in [4.78, 5) is 20.6. The summed E-state index contributed by atoms with van der Waals surface area (Å²) in [5, 5.41) is 2.98. The number of anilines is 2. The van der Waals surface area contributed by atoms with Crippen LogP contribution in [0, 0.1) is 5.82 Å². The number of piperazine rings is 1. The molecule has 0 spiro atoms. The van der Waals surface area contributed by atoms with Gasteiger partial charge < -0.3 is 0 Å². The molecule has 1 saturated heterocycles. The minimum Gasteiger partial charge on any atom is -0.295 e. The molecule has 4 rings (SSSR count). The number of sulfonamides is 1. The van der Waals surface area contributed by atoms with Crippen LogP contribution in [0.1, 0.15) is 12.6 Å². The van der Waals surface area contributed by atoms with E-state index in [1.807, 2.05) is 5.38 Å². The highest BCUT2D eigenvalue weighted by molar-refractivity contribution is 7.89. The lowest BCUT2D eigenvalue weighted by Crippen LogP contribution is -2.48. The molecule has 1 aromatic heterocycles. The zero-order chi connectivity index (χ0) is 23.6. The average molecular weight is 509 g/mol. The first-order valence-electron chi connectivity index (χ1n) is 10.2. The Hall–Kier alpha value is -2.37. The van der Waals surface area contributed by atoms with E-state index in [0.717, 1.165) is 17.8 Å². The van der Waals surface area contributed by atoms with Crippen LogP contribution in [0.4, 0.5) is 15.2 Å². The van der Waals surface area contributed by atoms with Gasteiger partial charge in [-0.05, 0) is 42.5 Å². The topological polar surface area (TPSA) is 73.8 Å². The number of hydrogen-bond donors (Lipinski definition) is 0. The van der Waals surface area contributed by atoms with Crippen molar-refractivity contribution in [2.45, 2.75) is 18.4 Å². The SMILES string of the molecule is CC(=O)N(c1cccc(Cl)c1)c1nc(CN2CCN(S(=O)(=O)c3ccc(F)cc3)CC2)cs1. The molecule has 1 aliphatic rings. The van der Waals surface area contributed by atoms with Crippen molar-refractivity contribution in [1.82, 2.24) is 14.2 Å². The van der Waals surface area contributed by atoms with Gasteiger partial charge in [-0.1, -0.05) is 17.7 Å². The minimum atomic E-state index is -3.65. The highest BCUT2D eigenvalue weighted by Crippen LogP contribution is 2.31. The summed E-state index contributed by atoms with van der Waals surface area (Å²) in [5.74, 6) is -0.641. The number of amides is 1. The number of halogens is 2. The predicted molar refractivity (Wildman–Crippen MR) is 127 cm³/mol. The second-order valence-corrected chi connectivity index (χ2v) is 10.8. The maximum absolute atomic E-state index is 13.1. The predicted octanol–water partition coefficient (Wildman–Crippen LogP) is 4.13. The Morgan fingerprint density at radius 1 is 1.15 bits per heavy atom. The van der Waals surface area contributed by atoms with Crippen LogP contribution in [0.3, 0.4) is 0 Å². The number of thiazole rings is 1. The second-order valence-electron chi connectivity index (χ2n) is 7.59. The third-order valence-corrected chi connectivity index (χ3v) is 8.30. The molecule has 0 saturated carbocycles. The molecule has 0 N–H and O–H groups in total. The highest BCUT2D eigenvalue weighted by atomic mass is 35.5. The van der Waals surface area contributed by atoms with Crippen LogP contribution < -0.4 is 4.90 Å². The zero-order valence-electron chi connectivity index (χ0n) is 17.8. The zero-order valence-corrected chi connectivity index (χ0v) is 20.2. The van der Waals surface area contributed by atoms with Crippen molar-refractivity contribution in [2.24, 2.45) is 0 Å². The largest absolute Gasteiger partial charge is 0.295 e. The maximum atomic E-state index is 13.1. The number of nitrogens with zero attached hydrogens (tertiary/aromatic N) is 4. The van der Waals surface area contributed by atoms with Crippen molar-refractivity contribution in [3.05, 3.63) is 70.4 Å². The van der Waals surface area contributed by atoms with Gasteiger partial charge in [0.2, 0.25) is 15.9 Å². The maximum Gasteiger partial charge on any atom is 0.243 e. The molecular weight excluding hydrogens is 487 g/mol. The Morgan fingerprint density at radius 2 is 1.85 bits per heavy atom. The van der Waals surface area contributed by atoms with Crippen molar-refractivity contribution in [3.63, 3.8) is 0 Å². The van der Waals surface area contributed by atoms with E-state index < -0.39 is 15.8 Å². The third-order valence-electron chi connectivity index (χ3n) is 5.28. The van der Waals surface area contributed by atoms with Gasteiger partial charge in [0.15, 0.2) is 5.13 Å². The Balaban J connectivity index is 1.40. The molecule has 33 heavy (non-hydrogen) atoms. The molecule has 174 valence electrons. The minimum absolute atomic E-state index is 0.0897. The van der Waals surface area contributed by atoms with Crippen LogP contribution in [-0.2, 0) is 21.4 Å². The Labute approximate surface area is 201 Å². The van der Waals surface area contributed by atoms with Crippen LogP contribution in [-0.4, -0.2) is 54.7 Å². The van der Waals surface area contributed by atoms with Gasteiger partial charge in [-0.2, -0.15) is 4.31 Å². The van der Waals surface area contributed by atoms with E-state index in [1.54, 1.807) is 24.3 Å². The van der Waals surface area contributed by atoms with Crippen molar-refractivity contribution < 1.29 is 17.6 Å². The molecule has 0 radical (unpaired) electrons. The van der Waals surface area contributed by atoms with E-state index in [9.17, 15) is 17.6 Å². The van der Waals surface area contributed by atoms with Gasteiger partial charge in [-0.3, -0.25) is 14.6 Å².